The molecule has 0 bridgehead atoms. The van der Waals surface area contributed by atoms with E-state index in [2.05, 4.69) is 0 Å². The minimum absolute atomic E-state index is 0.114. The predicted octanol–water partition coefficient (Wildman–Crippen LogP) is 6.89. The second-order valence-corrected chi connectivity index (χ2v) is 17.1. The molecule has 40 heavy (non-hydrogen) atoms. The van der Waals surface area contributed by atoms with Gasteiger partial charge >= 0.3 is 0 Å². The Morgan fingerprint density at radius 2 is 1.02 bits per heavy atom. The summed E-state index contributed by atoms with van der Waals surface area (Å²) in [5.74, 6) is 9.06. The molecule has 8 rings (SSSR count). The van der Waals surface area contributed by atoms with Crippen LogP contribution < -0.4 is 0 Å². The van der Waals surface area contributed by atoms with Crippen LogP contribution >= 0.6 is 0 Å². The Morgan fingerprint density at radius 3 is 1.68 bits per heavy atom. The molecule has 0 radical (unpaired) electrons. The Morgan fingerprint density at radius 1 is 0.450 bits per heavy atom. The van der Waals surface area contributed by atoms with Crippen LogP contribution in [0.5, 0.6) is 0 Å². The van der Waals surface area contributed by atoms with Gasteiger partial charge in [0.2, 0.25) is 0 Å². The quantitative estimate of drug-likeness (QED) is 0.287. The third-order valence-electron chi connectivity index (χ3n) is 16.5. The van der Waals surface area contributed by atoms with E-state index < -0.39 is 18.0 Å². The van der Waals surface area contributed by atoms with Crippen LogP contribution in [0.1, 0.15) is 128 Å². The summed E-state index contributed by atoms with van der Waals surface area (Å²) in [5.41, 5.74) is -0.618. The van der Waals surface area contributed by atoms with Crippen LogP contribution in [0.25, 0.3) is 0 Å². The highest BCUT2D eigenvalue weighted by Gasteiger charge is 2.67. The Balaban J connectivity index is 1.12. The first-order valence-corrected chi connectivity index (χ1v) is 18.1. The van der Waals surface area contributed by atoms with Crippen LogP contribution in [0.4, 0.5) is 0 Å². The predicted molar refractivity (Wildman–Crippen MR) is 156 cm³/mol. The lowest BCUT2D eigenvalue weighted by molar-refractivity contribution is -0.276. The molecule has 4 nitrogen and oxygen atoms in total. The molecule has 8 fully saturated rings. The van der Waals surface area contributed by atoms with Crippen molar-refractivity contribution in [2.75, 3.05) is 0 Å². The molecular weight excluding hydrogens is 496 g/mol. The average Bonchev–Trinajstić information content (AvgIpc) is 3.65. The average molecular weight is 555 g/mol. The number of aliphatic hydroxyl groups excluding tert-OH is 2. The van der Waals surface area contributed by atoms with E-state index >= 15 is 0 Å². The van der Waals surface area contributed by atoms with Gasteiger partial charge in [-0.05, 0) is 173 Å². The van der Waals surface area contributed by atoms with Crippen LogP contribution in [-0.2, 0) is 0 Å². The SMILES string of the molecule is OC(O)C1CCC2C3CCC4CCCC4C3CCC2(C2(C(O)O)CC[C@H]3C(CC[C@H]4[C@@H]5CCC[C@H]5CC[C@@H]43)C2)C1. The molecule has 4 N–H and O–H groups in total. The van der Waals surface area contributed by atoms with Crippen molar-refractivity contribution < 1.29 is 20.4 Å². The lowest BCUT2D eigenvalue weighted by Crippen LogP contribution is -2.64. The molecule has 0 aromatic heterocycles. The van der Waals surface area contributed by atoms with Crippen molar-refractivity contribution in [3.8, 4) is 0 Å². The number of aliphatic hydroxyl groups is 4. The number of hydrogen-bond donors (Lipinski definition) is 4. The zero-order chi connectivity index (χ0) is 27.2. The minimum Gasteiger partial charge on any atom is -0.368 e. The first kappa shape index (κ1) is 27.4. The monoisotopic (exact) mass is 554 g/mol. The molecule has 9 unspecified atom stereocenters. The van der Waals surface area contributed by atoms with E-state index in [1.165, 1.54) is 89.9 Å². The normalized spacial score (nSPS) is 55.6. The smallest absolute Gasteiger partial charge is 0.157 e. The fourth-order valence-electron chi connectivity index (χ4n) is 15.2. The van der Waals surface area contributed by atoms with Crippen molar-refractivity contribution in [2.45, 2.75) is 141 Å². The lowest BCUT2D eigenvalue weighted by atomic mass is 9.37. The summed E-state index contributed by atoms with van der Waals surface area (Å²) < 4.78 is 0. The minimum atomic E-state index is -1.28. The Labute approximate surface area is 243 Å². The van der Waals surface area contributed by atoms with E-state index in [1.54, 1.807) is 0 Å². The van der Waals surface area contributed by atoms with Crippen LogP contribution in [-0.4, -0.2) is 33.0 Å². The van der Waals surface area contributed by atoms with Crippen molar-refractivity contribution in [3.63, 3.8) is 0 Å². The molecule has 0 aliphatic heterocycles. The molecule has 226 valence electrons. The molecule has 4 heteroatoms. The summed E-state index contributed by atoms with van der Waals surface area (Å²) in [6, 6.07) is 0. The molecule has 0 aromatic carbocycles. The summed E-state index contributed by atoms with van der Waals surface area (Å²) in [7, 11) is 0. The third-order valence-corrected chi connectivity index (χ3v) is 16.5. The maximum Gasteiger partial charge on any atom is 0.157 e. The summed E-state index contributed by atoms with van der Waals surface area (Å²) >= 11 is 0. The maximum atomic E-state index is 11.6. The number of fused-ring (bicyclic) bond motifs is 10. The molecule has 8 aliphatic rings. The largest absolute Gasteiger partial charge is 0.368 e. The molecule has 8 aliphatic carbocycles. The Bertz CT molecular complexity index is 934. The van der Waals surface area contributed by atoms with Crippen LogP contribution in [0.3, 0.4) is 0 Å². The van der Waals surface area contributed by atoms with Gasteiger partial charge in [0.25, 0.3) is 0 Å². The van der Waals surface area contributed by atoms with E-state index in [0.717, 1.165) is 85.9 Å². The molecule has 0 saturated heterocycles. The summed E-state index contributed by atoms with van der Waals surface area (Å²) in [4.78, 5) is 0. The fourth-order valence-corrected chi connectivity index (χ4v) is 15.2. The van der Waals surface area contributed by atoms with Gasteiger partial charge in [-0.15, -0.1) is 0 Å². The fraction of sp³-hybridized carbons (Fsp3) is 1.00. The van der Waals surface area contributed by atoms with Crippen LogP contribution in [0.15, 0.2) is 0 Å². The van der Waals surface area contributed by atoms with Gasteiger partial charge in [-0.1, -0.05) is 25.7 Å². The van der Waals surface area contributed by atoms with Gasteiger partial charge in [-0.3, -0.25) is 0 Å². The molecule has 0 amide bonds. The molecule has 0 spiro atoms. The molecule has 14 atom stereocenters. The van der Waals surface area contributed by atoms with Crippen LogP contribution in [0.2, 0.25) is 0 Å². The van der Waals surface area contributed by atoms with Crippen LogP contribution in [0, 0.1) is 81.8 Å². The summed E-state index contributed by atoms with van der Waals surface area (Å²) in [6.07, 6.45) is 22.6. The zero-order valence-electron chi connectivity index (χ0n) is 25.0. The zero-order valence-corrected chi connectivity index (χ0v) is 25.0. The van der Waals surface area contributed by atoms with E-state index in [-0.39, 0.29) is 11.3 Å². The second kappa shape index (κ2) is 10.2. The van der Waals surface area contributed by atoms with Gasteiger partial charge in [0, 0.05) is 11.3 Å². The van der Waals surface area contributed by atoms with Gasteiger partial charge in [-0.2, -0.15) is 0 Å². The standard InChI is InChI=1S/C36H58O4/c37-33(38)24-10-14-32-31-13-8-22-4-2-6-26(22)30(31)16-17-35(32,20-24)36(34(39)40)18-15-27-23(19-36)9-12-28-25-5-1-3-21(25)7-11-29(27)28/h21-34,37-40H,1-20H2/t21-,22?,23?,24?,25+,26?,27-,28-,29+,30?,31?,32?,35?,36?/m0/s1. The lowest BCUT2D eigenvalue weighted by Gasteiger charge is -2.68. The van der Waals surface area contributed by atoms with E-state index in [0.29, 0.717) is 17.8 Å². The van der Waals surface area contributed by atoms with Crippen molar-refractivity contribution in [3.05, 3.63) is 0 Å². The van der Waals surface area contributed by atoms with Crippen molar-refractivity contribution in [1.29, 1.82) is 0 Å². The highest BCUT2D eigenvalue weighted by molar-refractivity contribution is 5.14. The Hall–Kier alpha value is -0.160. The maximum absolute atomic E-state index is 11.6. The van der Waals surface area contributed by atoms with Gasteiger partial charge < -0.3 is 20.4 Å². The van der Waals surface area contributed by atoms with Crippen molar-refractivity contribution >= 4 is 0 Å². The molecule has 0 heterocycles. The first-order valence-electron chi connectivity index (χ1n) is 18.1. The van der Waals surface area contributed by atoms with Crippen molar-refractivity contribution in [2.24, 2.45) is 81.8 Å². The summed E-state index contributed by atoms with van der Waals surface area (Å²) in [6.45, 7) is 0. The van der Waals surface area contributed by atoms with Crippen molar-refractivity contribution in [1.82, 2.24) is 0 Å². The number of hydrogen-bond acceptors (Lipinski definition) is 4. The molecule has 0 aromatic rings. The van der Waals surface area contributed by atoms with E-state index in [4.69, 9.17) is 0 Å². The number of rotatable bonds is 3. The molecule has 8 saturated carbocycles. The summed E-state index contributed by atoms with van der Waals surface area (Å²) in [5, 5.41) is 44.1. The van der Waals surface area contributed by atoms with Gasteiger partial charge in [0.05, 0.1) is 0 Å². The first-order chi connectivity index (χ1) is 19.4. The van der Waals surface area contributed by atoms with Gasteiger partial charge in [0.15, 0.2) is 12.6 Å². The van der Waals surface area contributed by atoms with E-state index in [1.807, 2.05) is 0 Å². The third kappa shape index (κ3) is 3.89. The van der Waals surface area contributed by atoms with E-state index in [9.17, 15) is 20.4 Å². The second-order valence-electron chi connectivity index (χ2n) is 17.1. The van der Waals surface area contributed by atoms with Gasteiger partial charge in [0.1, 0.15) is 0 Å². The highest BCUT2D eigenvalue weighted by Crippen LogP contribution is 2.73. The van der Waals surface area contributed by atoms with Gasteiger partial charge in [-0.25, -0.2) is 0 Å². The highest BCUT2D eigenvalue weighted by atomic mass is 16.5. The Kier molecular flexibility index (Phi) is 6.99. The topological polar surface area (TPSA) is 80.9 Å². The molecular formula is C36H58O4.